The first-order valence-electron chi connectivity index (χ1n) is 12.5. The van der Waals surface area contributed by atoms with Crippen molar-refractivity contribution < 1.29 is 14.3 Å². The number of hydrogen-bond donors (Lipinski definition) is 1. The lowest BCUT2D eigenvalue weighted by Gasteiger charge is -2.20. The summed E-state index contributed by atoms with van der Waals surface area (Å²) in [5, 5.41) is 3.39. The third-order valence-electron chi connectivity index (χ3n) is 6.02. The van der Waals surface area contributed by atoms with E-state index in [0.29, 0.717) is 32.0 Å². The van der Waals surface area contributed by atoms with Gasteiger partial charge in [0.05, 0.1) is 6.61 Å². The van der Waals surface area contributed by atoms with Gasteiger partial charge in [0.25, 0.3) is 5.56 Å². The Hall–Kier alpha value is -4.16. The molecule has 6 nitrogen and oxygen atoms in total. The molecule has 1 heterocycles. The molecule has 4 aromatic rings. The predicted molar refractivity (Wildman–Crippen MR) is 145 cm³/mol. The van der Waals surface area contributed by atoms with E-state index in [1.165, 1.54) is 11.1 Å². The number of pyridine rings is 1. The van der Waals surface area contributed by atoms with Crippen molar-refractivity contribution in [3.8, 4) is 5.75 Å². The van der Waals surface area contributed by atoms with Crippen LogP contribution in [0.4, 0.5) is 0 Å². The number of nitrogens with one attached hydrogen (secondary N) is 1. The largest absolute Gasteiger partial charge is 0.482 e. The summed E-state index contributed by atoms with van der Waals surface area (Å²) in [6, 6.07) is 31.9. The van der Waals surface area contributed by atoms with Gasteiger partial charge in [-0.15, -0.1) is 0 Å². The van der Waals surface area contributed by atoms with E-state index >= 15 is 0 Å². The van der Waals surface area contributed by atoms with Crippen molar-refractivity contribution in [1.82, 2.24) is 9.88 Å². The topological polar surface area (TPSA) is 69.6 Å². The van der Waals surface area contributed by atoms with Crippen LogP contribution in [0.5, 0.6) is 5.75 Å². The normalized spacial score (nSPS) is 10.9. The molecule has 0 bridgehead atoms. The fourth-order valence-electron chi connectivity index (χ4n) is 4.29. The van der Waals surface area contributed by atoms with E-state index in [9.17, 15) is 9.59 Å². The third kappa shape index (κ3) is 7.41. The molecular weight excluding hydrogens is 464 g/mol. The maximum atomic E-state index is 12.6. The van der Waals surface area contributed by atoms with Crippen LogP contribution in [0.25, 0.3) is 0 Å². The van der Waals surface area contributed by atoms with Gasteiger partial charge in [-0.25, -0.2) is 4.79 Å². The quantitative estimate of drug-likeness (QED) is 0.226. The molecule has 0 atom stereocenters. The van der Waals surface area contributed by atoms with Gasteiger partial charge in [0, 0.05) is 37.8 Å². The average Bonchev–Trinajstić information content (AvgIpc) is 2.93. The number of benzene rings is 3. The van der Waals surface area contributed by atoms with Gasteiger partial charge in [-0.05, 0) is 41.3 Å². The van der Waals surface area contributed by atoms with Crippen LogP contribution in [-0.2, 0) is 22.6 Å². The second kappa shape index (κ2) is 13.2. The Morgan fingerprint density at radius 1 is 0.865 bits per heavy atom. The van der Waals surface area contributed by atoms with E-state index in [0.717, 1.165) is 11.1 Å². The van der Waals surface area contributed by atoms with E-state index in [2.05, 4.69) is 29.6 Å². The summed E-state index contributed by atoms with van der Waals surface area (Å²) in [5.74, 6) is 0.268. The van der Waals surface area contributed by atoms with Crippen molar-refractivity contribution in [2.75, 3.05) is 19.8 Å². The van der Waals surface area contributed by atoms with Crippen LogP contribution >= 0.6 is 0 Å². The predicted octanol–water partition coefficient (Wildman–Crippen LogP) is 4.76. The maximum Gasteiger partial charge on any atom is 0.344 e. The van der Waals surface area contributed by atoms with E-state index in [1.807, 2.05) is 72.9 Å². The first-order valence-corrected chi connectivity index (χ1v) is 12.5. The van der Waals surface area contributed by atoms with E-state index in [4.69, 9.17) is 9.47 Å². The van der Waals surface area contributed by atoms with Crippen LogP contribution in [0, 0.1) is 0 Å². The molecule has 0 amide bonds. The van der Waals surface area contributed by atoms with Gasteiger partial charge in [-0.2, -0.15) is 0 Å². The molecule has 4 rings (SSSR count). The van der Waals surface area contributed by atoms with E-state index < -0.39 is 0 Å². The highest BCUT2D eigenvalue weighted by Gasteiger charge is 2.17. The highest BCUT2D eigenvalue weighted by molar-refractivity contribution is 5.71. The Bertz CT molecular complexity index is 1300. The van der Waals surface area contributed by atoms with Crippen LogP contribution < -0.4 is 15.6 Å². The molecule has 3 aromatic carbocycles. The monoisotopic (exact) mass is 496 g/mol. The van der Waals surface area contributed by atoms with Crippen molar-refractivity contribution in [2.45, 2.75) is 25.9 Å². The second-order valence-corrected chi connectivity index (χ2v) is 8.67. The lowest BCUT2D eigenvalue weighted by atomic mass is 9.86. The Labute approximate surface area is 217 Å². The smallest absolute Gasteiger partial charge is 0.344 e. The Morgan fingerprint density at radius 2 is 1.57 bits per heavy atom. The first kappa shape index (κ1) is 25.9. The third-order valence-corrected chi connectivity index (χ3v) is 6.02. The Balaban J connectivity index is 1.40. The summed E-state index contributed by atoms with van der Waals surface area (Å²) in [6.07, 6.45) is 1.97. The van der Waals surface area contributed by atoms with E-state index in [-0.39, 0.29) is 24.1 Å². The summed E-state index contributed by atoms with van der Waals surface area (Å²) in [7, 11) is 0. The molecule has 0 spiro atoms. The van der Waals surface area contributed by atoms with Crippen molar-refractivity contribution >= 4 is 5.97 Å². The number of ether oxygens (including phenoxy) is 2. The van der Waals surface area contributed by atoms with Gasteiger partial charge in [0.1, 0.15) is 5.75 Å². The standard InChI is InChI=1S/C31H32N2O4/c1-2-36-30(35)23-37-28-15-9-10-24(20-28)21-32-18-19-33-22-27(16-17-29(33)34)31(25-11-5-3-6-12-25)26-13-7-4-8-14-26/h3-17,20,22,31-32H,2,18-19,21,23H2,1H3. The van der Waals surface area contributed by atoms with Crippen molar-refractivity contribution in [3.63, 3.8) is 0 Å². The Kier molecular flexibility index (Phi) is 9.27. The summed E-state index contributed by atoms with van der Waals surface area (Å²) < 4.78 is 12.2. The van der Waals surface area contributed by atoms with Crippen LogP contribution in [0.1, 0.15) is 35.1 Å². The minimum Gasteiger partial charge on any atom is -0.482 e. The molecule has 6 heteroatoms. The van der Waals surface area contributed by atoms with Crippen LogP contribution in [-0.4, -0.2) is 30.3 Å². The lowest BCUT2D eigenvalue weighted by molar-refractivity contribution is -0.145. The zero-order valence-electron chi connectivity index (χ0n) is 21.0. The number of aromatic nitrogens is 1. The molecule has 0 saturated carbocycles. The fraction of sp³-hybridized carbons (Fsp3) is 0.226. The molecule has 0 fully saturated rings. The SMILES string of the molecule is CCOC(=O)COc1cccc(CNCCn2cc(C(c3ccccc3)c3ccccc3)ccc2=O)c1. The van der Waals surface area contributed by atoms with Crippen LogP contribution in [0.15, 0.2) is 108 Å². The maximum absolute atomic E-state index is 12.6. The summed E-state index contributed by atoms with van der Waals surface area (Å²) in [4.78, 5) is 24.1. The molecule has 1 aromatic heterocycles. The number of esters is 1. The number of nitrogens with zero attached hydrogens (tertiary/aromatic N) is 1. The van der Waals surface area contributed by atoms with Gasteiger partial charge in [0.2, 0.25) is 0 Å². The minimum atomic E-state index is -0.388. The lowest BCUT2D eigenvalue weighted by Crippen LogP contribution is -2.27. The summed E-state index contributed by atoms with van der Waals surface area (Å²) >= 11 is 0. The number of carbonyl (C=O) groups is 1. The summed E-state index contributed by atoms with van der Waals surface area (Å²) in [6.45, 7) is 3.76. The number of rotatable bonds is 12. The molecule has 37 heavy (non-hydrogen) atoms. The zero-order chi connectivity index (χ0) is 25.9. The van der Waals surface area contributed by atoms with Crippen LogP contribution in [0.3, 0.4) is 0 Å². The van der Waals surface area contributed by atoms with Crippen molar-refractivity contribution in [1.29, 1.82) is 0 Å². The summed E-state index contributed by atoms with van der Waals surface area (Å²) in [5.41, 5.74) is 4.43. The molecule has 0 aliphatic heterocycles. The highest BCUT2D eigenvalue weighted by atomic mass is 16.6. The fourth-order valence-corrected chi connectivity index (χ4v) is 4.29. The van der Waals surface area contributed by atoms with E-state index in [1.54, 1.807) is 17.6 Å². The van der Waals surface area contributed by atoms with Crippen LogP contribution in [0.2, 0.25) is 0 Å². The van der Waals surface area contributed by atoms with Crippen molar-refractivity contribution in [3.05, 3.63) is 136 Å². The highest BCUT2D eigenvalue weighted by Crippen LogP contribution is 2.31. The van der Waals surface area contributed by atoms with Crippen molar-refractivity contribution in [2.24, 2.45) is 0 Å². The molecule has 1 N–H and O–H groups in total. The second-order valence-electron chi connectivity index (χ2n) is 8.67. The molecule has 0 saturated heterocycles. The van der Waals surface area contributed by atoms with Gasteiger partial charge in [-0.3, -0.25) is 4.79 Å². The molecule has 190 valence electrons. The zero-order valence-corrected chi connectivity index (χ0v) is 21.0. The van der Waals surface area contributed by atoms with Gasteiger partial charge in [0.15, 0.2) is 6.61 Å². The molecule has 0 aliphatic carbocycles. The molecule has 0 radical (unpaired) electrons. The number of carbonyl (C=O) groups excluding carboxylic acids is 1. The Morgan fingerprint density at radius 3 is 2.24 bits per heavy atom. The molecule has 0 aliphatic rings. The van der Waals surface area contributed by atoms with Gasteiger partial charge < -0.3 is 19.4 Å². The minimum absolute atomic E-state index is 0.0280. The van der Waals surface area contributed by atoms with Gasteiger partial charge >= 0.3 is 5.97 Å². The molecule has 0 unspecified atom stereocenters. The first-order chi connectivity index (χ1) is 18.1. The average molecular weight is 497 g/mol. The van der Waals surface area contributed by atoms with Gasteiger partial charge in [-0.1, -0.05) is 78.9 Å². The number of hydrogen-bond acceptors (Lipinski definition) is 5. The molecular formula is C31H32N2O4.